The van der Waals surface area contributed by atoms with Gasteiger partial charge in [0.1, 0.15) is 0 Å². The van der Waals surface area contributed by atoms with Gasteiger partial charge >= 0.3 is 0 Å². The molecule has 0 spiro atoms. The Balaban J connectivity index is 1.95. The SMILES string of the molecule is CC=C(C)C(CCCCCCCCCCCCCCCCCCC)N1C(=O)CCC1=O. The van der Waals surface area contributed by atoms with E-state index in [1.807, 2.05) is 6.92 Å². The Bertz CT molecular complexity index is 495. The van der Waals surface area contributed by atoms with Crippen LogP contribution in [0, 0.1) is 0 Å². The summed E-state index contributed by atoms with van der Waals surface area (Å²) in [7, 11) is 0. The quantitative estimate of drug-likeness (QED) is 0.110. The van der Waals surface area contributed by atoms with E-state index in [1.165, 1.54) is 103 Å². The topological polar surface area (TPSA) is 37.4 Å². The molecule has 0 aliphatic carbocycles. The highest BCUT2D eigenvalue weighted by atomic mass is 16.2. The van der Waals surface area contributed by atoms with Gasteiger partial charge in [0.2, 0.25) is 11.8 Å². The third-order valence-corrected chi connectivity index (χ3v) is 6.96. The number of allylic oxidation sites excluding steroid dienone is 1. The lowest BCUT2D eigenvalue weighted by Gasteiger charge is -2.27. The first-order valence-corrected chi connectivity index (χ1v) is 13.6. The number of hydrogen-bond acceptors (Lipinski definition) is 2. The molecule has 180 valence electrons. The highest BCUT2D eigenvalue weighted by Crippen LogP contribution is 2.24. The Morgan fingerprint density at radius 2 is 1.06 bits per heavy atom. The Morgan fingerprint density at radius 1 is 0.710 bits per heavy atom. The molecular formula is C28H51NO2. The maximum absolute atomic E-state index is 12.1. The van der Waals surface area contributed by atoms with Crippen molar-refractivity contribution in [1.82, 2.24) is 4.90 Å². The molecule has 3 nitrogen and oxygen atoms in total. The van der Waals surface area contributed by atoms with Gasteiger partial charge in [-0.3, -0.25) is 14.5 Å². The largest absolute Gasteiger partial charge is 0.275 e. The molecule has 1 fully saturated rings. The summed E-state index contributed by atoms with van der Waals surface area (Å²) >= 11 is 0. The normalized spacial score (nSPS) is 15.8. The molecule has 3 heteroatoms. The smallest absolute Gasteiger partial charge is 0.230 e. The van der Waals surface area contributed by atoms with Gasteiger partial charge in [-0.2, -0.15) is 0 Å². The van der Waals surface area contributed by atoms with E-state index in [1.54, 1.807) is 4.90 Å². The minimum Gasteiger partial charge on any atom is -0.275 e. The minimum atomic E-state index is -0.0103. The molecule has 1 aliphatic heterocycles. The molecule has 0 aromatic rings. The van der Waals surface area contributed by atoms with Crippen molar-refractivity contribution in [3.05, 3.63) is 11.6 Å². The summed E-state index contributed by atoms with van der Waals surface area (Å²) in [6.07, 6.45) is 27.1. The molecule has 0 N–H and O–H groups in total. The summed E-state index contributed by atoms with van der Waals surface area (Å²) in [5.74, 6) is 0.0337. The number of unbranched alkanes of at least 4 members (excludes halogenated alkanes) is 16. The van der Waals surface area contributed by atoms with E-state index in [-0.39, 0.29) is 17.9 Å². The first-order chi connectivity index (χ1) is 15.1. The predicted octanol–water partition coefficient (Wildman–Crippen LogP) is 8.51. The van der Waals surface area contributed by atoms with Crippen LogP contribution in [0.5, 0.6) is 0 Å². The molecule has 0 aromatic heterocycles. The number of likely N-dealkylation sites (tertiary alicyclic amines) is 1. The zero-order valence-corrected chi connectivity index (χ0v) is 21.1. The average Bonchev–Trinajstić information content (AvgIpc) is 3.10. The monoisotopic (exact) mass is 433 g/mol. The maximum atomic E-state index is 12.1. The third kappa shape index (κ3) is 12.5. The lowest BCUT2D eigenvalue weighted by Crippen LogP contribution is -2.40. The minimum absolute atomic E-state index is 0.0103. The molecular weight excluding hydrogens is 382 g/mol. The zero-order chi connectivity index (χ0) is 22.7. The van der Waals surface area contributed by atoms with Gasteiger partial charge in [0.25, 0.3) is 0 Å². The molecule has 1 rings (SSSR count). The number of rotatable bonds is 20. The van der Waals surface area contributed by atoms with Crippen LogP contribution in [0.15, 0.2) is 11.6 Å². The fourth-order valence-corrected chi connectivity index (χ4v) is 4.76. The third-order valence-electron chi connectivity index (χ3n) is 6.96. The number of carbonyl (C=O) groups is 2. The van der Waals surface area contributed by atoms with Gasteiger partial charge in [-0.1, -0.05) is 128 Å². The number of amides is 2. The van der Waals surface area contributed by atoms with Crippen molar-refractivity contribution >= 4 is 11.8 Å². The molecule has 0 aromatic carbocycles. The number of nitrogens with zero attached hydrogens (tertiary/aromatic N) is 1. The molecule has 0 saturated carbocycles. The highest BCUT2D eigenvalue weighted by Gasteiger charge is 2.35. The molecule has 1 aliphatic rings. The number of imide groups is 1. The van der Waals surface area contributed by atoms with Crippen molar-refractivity contribution in [3.63, 3.8) is 0 Å². The zero-order valence-electron chi connectivity index (χ0n) is 21.1. The van der Waals surface area contributed by atoms with Crippen LogP contribution in [0.4, 0.5) is 0 Å². The summed E-state index contributed by atoms with van der Waals surface area (Å²) in [5, 5.41) is 0. The van der Waals surface area contributed by atoms with Gasteiger partial charge in [-0.05, 0) is 20.3 Å². The van der Waals surface area contributed by atoms with Crippen molar-refractivity contribution in [2.24, 2.45) is 0 Å². The van der Waals surface area contributed by atoms with Crippen molar-refractivity contribution in [2.45, 2.75) is 155 Å². The molecule has 0 bridgehead atoms. The van der Waals surface area contributed by atoms with Crippen LogP contribution in [0.25, 0.3) is 0 Å². The lowest BCUT2D eigenvalue weighted by atomic mass is 9.98. The second kappa shape index (κ2) is 18.5. The van der Waals surface area contributed by atoms with E-state index in [9.17, 15) is 9.59 Å². The van der Waals surface area contributed by atoms with Crippen molar-refractivity contribution in [3.8, 4) is 0 Å². The Morgan fingerprint density at radius 3 is 1.42 bits per heavy atom. The van der Waals surface area contributed by atoms with Crippen LogP contribution in [-0.2, 0) is 9.59 Å². The average molecular weight is 434 g/mol. The fourth-order valence-electron chi connectivity index (χ4n) is 4.76. The van der Waals surface area contributed by atoms with Gasteiger partial charge in [0, 0.05) is 12.8 Å². The second-order valence-corrected chi connectivity index (χ2v) is 9.65. The van der Waals surface area contributed by atoms with Gasteiger partial charge < -0.3 is 0 Å². The van der Waals surface area contributed by atoms with Crippen LogP contribution in [0.2, 0.25) is 0 Å². The summed E-state index contributed by atoms with van der Waals surface area (Å²) in [5.41, 5.74) is 1.15. The predicted molar refractivity (Wildman–Crippen MR) is 133 cm³/mol. The Kier molecular flexibility index (Phi) is 16.6. The molecule has 1 atom stereocenters. The van der Waals surface area contributed by atoms with Crippen LogP contribution in [0.1, 0.15) is 149 Å². The van der Waals surface area contributed by atoms with E-state index >= 15 is 0 Å². The second-order valence-electron chi connectivity index (χ2n) is 9.65. The Hall–Kier alpha value is -1.12. The van der Waals surface area contributed by atoms with E-state index in [2.05, 4.69) is 19.9 Å². The van der Waals surface area contributed by atoms with Gasteiger partial charge in [0.05, 0.1) is 6.04 Å². The van der Waals surface area contributed by atoms with E-state index < -0.39 is 0 Å². The van der Waals surface area contributed by atoms with Crippen LogP contribution in [-0.4, -0.2) is 22.8 Å². The summed E-state index contributed by atoms with van der Waals surface area (Å²) in [6.45, 7) is 6.34. The number of carbonyl (C=O) groups excluding carboxylic acids is 2. The summed E-state index contributed by atoms with van der Waals surface area (Å²) < 4.78 is 0. The van der Waals surface area contributed by atoms with E-state index in [4.69, 9.17) is 0 Å². The molecule has 0 radical (unpaired) electrons. The molecule has 1 heterocycles. The fraction of sp³-hybridized carbons (Fsp3) is 0.857. The first-order valence-electron chi connectivity index (χ1n) is 13.6. The van der Waals surface area contributed by atoms with Crippen LogP contribution in [0.3, 0.4) is 0 Å². The van der Waals surface area contributed by atoms with Gasteiger partial charge in [-0.15, -0.1) is 0 Å². The summed E-state index contributed by atoms with van der Waals surface area (Å²) in [4.78, 5) is 25.8. The van der Waals surface area contributed by atoms with Crippen molar-refractivity contribution in [1.29, 1.82) is 0 Å². The van der Waals surface area contributed by atoms with Crippen molar-refractivity contribution < 1.29 is 9.59 Å². The molecule has 1 unspecified atom stereocenters. The molecule has 2 amide bonds. The van der Waals surface area contributed by atoms with Crippen molar-refractivity contribution in [2.75, 3.05) is 0 Å². The van der Waals surface area contributed by atoms with E-state index in [0.29, 0.717) is 12.8 Å². The lowest BCUT2D eigenvalue weighted by molar-refractivity contribution is -0.140. The summed E-state index contributed by atoms with van der Waals surface area (Å²) in [6, 6.07) is -0.0103. The van der Waals surface area contributed by atoms with Gasteiger partial charge in [0.15, 0.2) is 0 Å². The first kappa shape index (κ1) is 27.9. The maximum Gasteiger partial charge on any atom is 0.230 e. The highest BCUT2D eigenvalue weighted by molar-refractivity contribution is 6.02. The van der Waals surface area contributed by atoms with Crippen LogP contribution >= 0.6 is 0 Å². The van der Waals surface area contributed by atoms with Gasteiger partial charge in [-0.25, -0.2) is 0 Å². The Labute approximate surface area is 193 Å². The van der Waals surface area contributed by atoms with Crippen LogP contribution < -0.4 is 0 Å². The number of hydrogen-bond donors (Lipinski definition) is 0. The molecule has 1 saturated heterocycles. The molecule has 31 heavy (non-hydrogen) atoms. The van der Waals surface area contributed by atoms with E-state index in [0.717, 1.165) is 18.4 Å². The standard InChI is InChI=1S/C28H51NO2/c1-4-6-7-8-9-10-11-12-13-14-15-16-17-18-19-20-21-22-26(25(3)5-2)29-27(30)23-24-28(29)31/h5,26H,4,6-24H2,1-3H3.